The second-order valence-corrected chi connectivity index (χ2v) is 5.73. The number of hydrogen-bond donors (Lipinski definition) is 1. The van der Waals surface area contributed by atoms with Gasteiger partial charge in [0, 0.05) is 5.75 Å². The third-order valence-corrected chi connectivity index (χ3v) is 4.28. The van der Waals surface area contributed by atoms with Crippen molar-refractivity contribution >= 4 is 29.1 Å². The number of carboxylic acids is 1. The van der Waals surface area contributed by atoms with Gasteiger partial charge in [-0.1, -0.05) is 18.1 Å². The third kappa shape index (κ3) is 3.33. The summed E-state index contributed by atoms with van der Waals surface area (Å²) >= 11 is 3.03. The van der Waals surface area contributed by atoms with Gasteiger partial charge in [-0.05, 0) is 11.4 Å². The minimum Gasteiger partial charge on any atom is -0.481 e. The molecule has 0 amide bonds. The minimum absolute atomic E-state index is 0.362. The highest BCUT2D eigenvalue weighted by atomic mass is 32.2. The predicted octanol–water partition coefficient (Wildman–Crippen LogP) is 2.75. The van der Waals surface area contributed by atoms with E-state index in [0.29, 0.717) is 23.2 Å². The molecule has 0 bridgehead atoms. The maximum Gasteiger partial charge on any atom is 0.307 e. The van der Waals surface area contributed by atoms with Crippen LogP contribution in [-0.4, -0.2) is 27.0 Å². The molecule has 0 aromatic carbocycles. The van der Waals surface area contributed by atoms with Gasteiger partial charge in [0.05, 0.1) is 16.5 Å². The fourth-order valence-electron chi connectivity index (χ4n) is 1.21. The Balaban J connectivity index is 1.86. The number of thiophene rings is 1. The number of hydrogen-bond acceptors (Lipinski definition) is 6. The van der Waals surface area contributed by atoms with Crippen LogP contribution in [0.2, 0.25) is 0 Å². The summed E-state index contributed by atoms with van der Waals surface area (Å²) in [7, 11) is 0. The SMILES string of the molecule is CC(CSCc1noc(-c2cccs2)n1)C(=O)O. The molecule has 96 valence electrons. The molecule has 0 saturated heterocycles. The van der Waals surface area contributed by atoms with Gasteiger partial charge in [0.2, 0.25) is 0 Å². The molecule has 0 saturated carbocycles. The Labute approximate surface area is 112 Å². The number of aliphatic carboxylic acids is 1. The second kappa shape index (κ2) is 6.01. The van der Waals surface area contributed by atoms with Crippen molar-refractivity contribution in [1.29, 1.82) is 0 Å². The quantitative estimate of drug-likeness (QED) is 0.879. The summed E-state index contributed by atoms with van der Waals surface area (Å²) in [4.78, 5) is 15.8. The lowest BCUT2D eigenvalue weighted by atomic mass is 10.2. The summed E-state index contributed by atoms with van der Waals surface area (Å²) < 4.78 is 5.13. The second-order valence-electron chi connectivity index (χ2n) is 3.75. The van der Waals surface area contributed by atoms with Gasteiger partial charge in [0.15, 0.2) is 5.82 Å². The van der Waals surface area contributed by atoms with Crippen molar-refractivity contribution in [1.82, 2.24) is 10.1 Å². The van der Waals surface area contributed by atoms with Crippen molar-refractivity contribution in [2.45, 2.75) is 12.7 Å². The number of nitrogens with zero attached hydrogens (tertiary/aromatic N) is 2. The molecular weight excluding hydrogens is 272 g/mol. The Bertz CT molecular complexity index is 510. The average molecular weight is 284 g/mol. The molecule has 1 unspecified atom stereocenters. The van der Waals surface area contributed by atoms with Crippen molar-refractivity contribution in [3.8, 4) is 10.8 Å². The van der Waals surface area contributed by atoms with E-state index >= 15 is 0 Å². The number of carboxylic acid groups (broad SMARTS) is 1. The molecule has 2 aromatic heterocycles. The van der Waals surface area contributed by atoms with Crippen molar-refractivity contribution in [2.75, 3.05) is 5.75 Å². The molecule has 0 fully saturated rings. The first kappa shape index (κ1) is 13.1. The third-order valence-electron chi connectivity index (χ3n) is 2.22. The molecule has 0 aliphatic carbocycles. The highest BCUT2D eigenvalue weighted by molar-refractivity contribution is 7.98. The van der Waals surface area contributed by atoms with Crippen molar-refractivity contribution in [3.63, 3.8) is 0 Å². The smallest absolute Gasteiger partial charge is 0.307 e. The van der Waals surface area contributed by atoms with E-state index < -0.39 is 5.97 Å². The normalized spacial score (nSPS) is 12.5. The molecule has 1 N–H and O–H groups in total. The van der Waals surface area contributed by atoms with Gasteiger partial charge in [0.1, 0.15) is 0 Å². The molecule has 7 heteroatoms. The summed E-state index contributed by atoms with van der Waals surface area (Å²) in [5.74, 6) is 1.08. The van der Waals surface area contributed by atoms with Gasteiger partial charge >= 0.3 is 5.97 Å². The van der Waals surface area contributed by atoms with E-state index in [1.807, 2.05) is 17.5 Å². The molecule has 0 spiro atoms. The van der Waals surface area contributed by atoms with Crippen molar-refractivity contribution in [3.05, 3.63) is 23.3 Å². The number of thioether (sulfide) groups is 1. The van der Waals surface area contributed by atoms with Crippen LogP contribution in [0.15, 0.2) is 22.0 Å². The Morgan fingerprint density at radius 3 is 3.17 bits per heavy atom. The first-order valence-electron chi connectivity index (χ1n) is 5.34. The molecule has 1 atom stereocenters. The monoisotopic (exact) mass is 284 g/mol. The first-order valence-corrected chi connectivity index (χ1v) is 7.37. The van der Waals surface area contributed by atoms with Gasteiger partial charge in [-0.25, -0.2) is 0 Å². The lowest BCUT2D eigenvalue weighted by Gasteiger charge is -2.02. The lowest BCUT2D eigenvalue weighted by molar-refractivity contribution is -0.140. The number of rotatable bonds is 6. The van der Waals surface area contributed by atoms with E-state index in [1.54, 1.807) is 18.3 Å². The van der Waals surface area contributed by atoms with Crippen LogP contribution in [0.25, 0.3) is 10.8 Å². The highest BCUT2D eigenvalue weighted by Gasteiger charge is 2.13. The van der Waals surface area contributed by atoms with Crippen LogP contribution in [0.5, 0.6) is 0 Å². The summed E-state index contributed by atoms with van der Waals surface area (Å²) in [5.41, 5.74) is 0. The van der Waals surface area contributed by atoms with E-state index in [9.17, 15) is 4.79 Å². The van der Waals surface area contributed by atoms with E-state index in [4.69, 9.17) is 9.63 Å². The number of carbonyl (C=O) groups is 1. The molecule has 0 aliphatic rings. The summed E-state index contributed by atoms with van der Waals surface area (Å²) in [6.07, 6.45) is 0. The topological polar surface area (TPSA) is 76.2 Å². The minimum atomic E-state index is -0.783. The van der Waals surface area contributed by atoms with Crippen LogP contribution >= 0.6 is 23.1 Å². The van der Waals surface area contributed by atoms with Crippen LogP contribution in [0.1, 0.15) is 12.7 Å². The van der Waals surface area contributed by atoms with Crippen LogP contribution < -0.4 is 0 Å². The number of aromatic nitrogens is 2. The van der Waals surface area contributed by atoms with Crippen LogP contribution in [0.4, 0.5) is 0 Å². The van der Waals surface area contributed by atoms with Crippen molar-refractivity contribution in [2.24, 2.45) is 5.92 Å². The first-order chi connectivity index (χ1) is 8.66. The van der Waals surface area contributed by atoms with Gasteiger partial charge in [0.25, 0.3) is 5.89 Å². The molecule has 2 heterocycles. The Morgan fingerprint density at radius 1 is 1.67 bits per heavy atom. The molecule has 0 aliphatic heterocycles. The highest BCUT2D eigenvalue weighted by Crippen LogP contribution is 2.23. The zero-order valence-electron chi connectivity index (χ0n) is 9.70. The van der Waals surface area contributed by atoms with Gasteiger partial charge in [-0.2, -0.15) is 16.7 Å². The molecule has 5 nitrogen and oxygen atoms in total. The van der Waals surface area contributed by atoms with Gasteiger partial charge < -0.3 is 9.63 Å². The van der Waals surface area contributed by atoms with E-state index in [0.717, 1.165) is 4.88 Å². The predicted molar refractivity (Wildman–Crippen MR) is 70.6 cm³/mol. The van der Waals surface area contributed by atoms with Crippen LogP contribution in [0.3, 0.4) is 0 Å². The molecule has 0 radical (unpaired) electrons. The van der Waals surface area contributed by atoms with Crippen molar-refractivity contribution < 1.29 is 14.4 Å². The molecular formula is C11H12N2O3S2. The Kier molecular flexibility index (Phi) is 4.38. The fraction of sp³-hybridized carbons (Fsp3) is 0.364. The van der Waals surface area contributed by atoms with E-state index in [1.165, 1.54) is 11.8 Å². The zero-order chi connectivity index (χ0) is 13.0. The van der Waals surface area contributed by atoms with Gasteiger partial charge in [-0.3, -0.25) is 4.79 Å². The average Bonchev–Trinajstić information content (AvgIpc) is 2.98. The maximum atomic E-state index is 10.6. The molecule has 18 heavy (non-hydrogen) atoms. The largest absolute Gasteiger partial charge is 0.481 e. The summed E-state index contributed by atoms with van der Waals surface area (Å²) in [6, 6.07) is 3.84. The maximum absolute atomic E-state index is 10.6. The molecule has 2 aromatic rings. The molecule has 2 rings (SSSR count). The Hall–Kier alpha value is -1.34. The summed E-state index contributed by atoms with van der Waals surface area (Å²) in [5, 5.41) is 14.6. The van der Waals surface area contributed by atoms with Crippen LogP contribution in [-0.2, 0) is 10.5 Å². The zero-order valence-corrected chi connectivity index (χ0v) is 11.3. The Morgan fingerprint density at radius 2 is 2.50 bits per heavy atom. The van der Waals surface area contributed by atoms with Crippen LogP contribution in [0, 0.1) is 5.92 Å². The van der Waals surface area contributed by atoms with E-state index in [-0.39, 0.29) is 5.92 Å². The van der Waals surface area contributed by atoms with Gasteiger partial charge in [-0.15, -0.1) is 11.3 Å². The summed E-state index contributed by atoms with van der Waals surface area (Å²) in [6.45, 7) is 1.68. The fourth-order valence-corrected chi connectivity index (χ4v) is 2.77. The lowest BCUT2D eigenvalue weighted by Crippen LogP contribution is -2.11. The van der Waals surface area contributed by atoms with E-state index in [2.05, 4.69) is 10.1 Å². The standard InChI is InChI=1S/C11H12N2O3S2/c1-7(11(14)15)5-17-6-9-12-10(16-13-9)8-3-2-4-18-8/h2-4,7H,5-6H2,1H3,(H,14,15).